The van der Waals surface area contributed by atoms with Crippen molar-refractivity contribution in [1.82, 2.24) is 4.98 Å². The van der Waals surface area contributed by atoms with Crippen LogP contribution in [0, 0.1) is 6.92 Å². The first-order chi connectivity index (χ1) is 6.56. The summed E-state index contributed by atoms with van der Waals surface area (Å²) >= 11 is 0. The van der Waals surface area contributed by atoms with Crippen molar-refractivity contribution in [3.8, 4) is 5.75 Å². The lowest BCUT2D eigenvalue weighted by Gasteiger charge is -2.10. The first-order valence-electron chi connectivity index (χ1n) is 4.12. The molecule has 0 radical (unpaired) electrons. The molecule has 5 heteroatoms. The molecule has 0 aliphatic carbocycles. The molecule has 1 amide bonds. The quantitative estimate of drug-likeness (QED) is 0.645. The Kier molecular flexibility index (Phi) is 3.03. The number of anilines is 1. The Morgan fingerprint density at radius 1 is 1.64 bits per heavy atom. The van der Waals surface area contributed by atoms with Crippen LogP contribution >= 0.6 is 0 Å². The fraction of sp³-hybridized carbons (Fsp3) is 0.333. The van der Waals surface area contributed by atoms with Gasteiger partial charge in [-0.3, -0.25) is 9.78 Å². The standard InChI is InChI=1S/C9H12N2O3/c1-5-9(14)7(4-12)8(3-10-5)11-6(2)13/h3,12,14H,4H2,1-2H3,(H,11,13). The van der Waals surface area contributed by atoms with E-state index in [4.69, 9.17) is 5.11 Å². The Morgan fingerprint density at radius 3 is 2.79 bits per heavy atom. The fourth-order valence-corrected chi connectivity index (χ4v) is 1.10. The largest absolute Gasteiger partial charge is 0.506 e. The average molecular weight is 196 g/mol. The molecule has 0 aromatic carbocycles. The van der Waals surface area contributed by atoms with Gasteiger partial charge in [-0.1, -0.05) is 0 Å². The van der Waals surface area contributed by atoms with E-state index in [1.807, 2.05) is 0 Å². The zero-order valence-electron chi connectivity index (χ0n) is 8.03. The van der Waals surface area contributed by atoms with Gasteiger partial charge in [0.05, 0.1) is 24.2 Å². The third kappa shape index (κ3) is 2.00. The van der Waals surface area contributed by atoms with E-state index in [1.165, 1.54) is 13.1 Å². The van der Waals surface area contributed by atoms with Crippen LogP contribution in [0.15, 0.2) is 6.20 Å². The molecule has 0 unspecified atom stereocenters. The van der Waals surface area contributed by atoms with Crippen LogP contribution < -0.4 is 5.32 Å². The number of aliphatic hydroxyl groups excluding tert-OH is 1. The zero-order valence-corrected chi connectivity index (χ0v) is 8.03. The molecule has 5 nitrogen and oxygen atoms in total. The summed E-state index contributed by atoms with van der Waals surface area (Å²) in [5.74, 6) is -0.358. The van der Waals surface area contributed by atoms with Crippen LogP contribution in [0.25, 0.3) is 0 Å². The third-order valence-electron chi connectivity index (χ3n) is 1.81. The first-order valence-corrected chi connectivity index (χ1v) is 4.12. The molecule has 1 aromatic rings. The first kappa shape index (κ1) is 10.5. The molecule has 0 saturated heterocycles. The lowest BCUT2D eigenvalue weighted by Crippen LogP contribution is -2.09. The molecule has 3 N–H and O–H groups in total. The Bertz CT molecular complexity index is 363. The number of pyridine rings is 1. The van der Waals surface area contributed by atoms with E-state index in [0.29, 0.717) is 11.4 Å². The summed E-state index contributed by atoms with van der Waals surface area (Å²) in [6.45, 7) is 2.62. The van der Waals surface area contributed by atoms with Gasteiger partial charge in [-0.05, 0) is 6.92 Å². The van der Waals surface area contributed by atoms with Crippen molar-refractivity contribution in [1.29, 1.82) is 0 Å². The van der Waals surface area contributed by atoms with E-state index in [2.05, 4.69) is 10.3 Å². The predicted molar refractivity (Wildman–Crippen MR) is 50.9 cm³/mol. The molecular weight excluding hydrogens is 184 g/mol. The second-order valence-corrected chi connectivity index (χ2v) is 2.92. The van der Waals surface area contributed by atoms with Gasteiger partial charge in [0.1, 0.15) is 5.75 Å². The number of aromatic hydroxyl groups is 1. The lowest BCUT2D eigenvalue weighted by atomic mass is 10.2. The normalized spacial score (nSPS) is 9.93. The minimum absolute atomic E-state index is 0.0845. The van der Waals surface area contributed by atoms with Gasteiger partial charge in [-0.25, -0.2) is 0 Å². The summed E-state index contributed by atoms with van der Waals surface area (Å²) < 4.78 is 0. The number of aryl methyl sites for hydroxylation is 1. The highest BCUT2D eigenvalue weighted by atomic mass is 16.3. The summed E-state index contributed by atoms with van der Waals surface area (Å²) in [5, 5.41) is 21.0. The molecule has 0 saturated carbocycles. The van der Waals surface area contributed by atoms with Crippen LogP contribution in [0.1, 0.15) is 18.2 Å². The van der Waals surface area contributed by atoms with Crippen molar-refractivity contribution in [3.05, 3.63) is 17.5 Å². The number of hydrogen-bond donors (Lipinski definition) is 3. The number of hydrogen-bond acceptors (Lipinski definition) is 4. The molecule has 14 heavy (non-hydrogen) atoms. The Morgan fingerprint density at radius 2 is 2.29 bits per heavy atom. The molecule has 0 fully saturated rings. The highest BCUT2D eigenvalue weighted by molar-refractivity contribution is 5.89. The molecule has 0 aliphatic heterocycles. The third-order valence-corrected chi connectivity index (χ3v) is 1.81. The molecule has 1 aromatic heterocycles. The monoisotopic (exact) mass is 196 g/mol. The molecule has 1 heterocycles. The fourth-order valence-electron chi connectivity index (χ4n) is 1.10. The van der Waals surface area contributed by atoms with E-state index >= 15 is 0 Å². The Hall–Kier alpha value is -1.62. The number of carbonyl (C=O) groups is 1. The van der Waals surface area contributed by atoms with Crippen LogP contribution in [0.4, 0.5) is 5.69 Å². The van der Waals surface area contributed by atoms with Gasteiger partial charge in [0, 0.05) is 12.5 Å². The van der Waals surface area contributed by atoms with Gasteiger partial charge < -0.3 is 15.5 Å². The summed E-state index contributed by atoms with van der Waals surface area (Å²) in [6.07, 6.45) is 1.40. The molecule has 0 bridgehead atoms. The van der Waals surface area contributed by atoms with Gasteiger partial charge in [0.15, 0.2) is 0 Å². The van der Waals surface area contributed by atoms with Crippen LogP contribution in [-0.2, 0) is 11.4 Å². The van der Waals surface area contributed by atoms with Crippen LogP contribution in [0.2, 0.25) is 0 Å². The van der Waals surface area contributed by atoms with Gasteiger partial charge in [-0.2, -0.15) is 0 Å². The van der Waals surface area contributed by atoms with E-state index < -0.39 is 0 Å². The molecule has 76 valence electrons. The SMILES string of the molecule is CC(=O)Nc1cnc(C)c(O)c1CO. The van der Waals surface area contributed by atoms with Gasteiger partial charge in [0.2, 0.25) is 5.91 Å². The zero-order chi connectivity index (χ0) is 10.7. The molecular formula is C9H12N2O3. The Balaban J connectivity index is 3.17. The highest BCUT2D eigenvalue weighted by Gasteiger charge is 2.11. The van der Waals surface area contributed by atoms with Crippen molar-refractivity contribution in [2.45, 2.75) is 20.5 Å². The predicted octanol–water partition coefficient (Wildman–Crippen LogP) is 0.546. The summed E-state index contributed by atoms with van der Waals surface area (Å²) in [4.78, 5) is 14.6. The van der Waals surface area contributed by atoms with Crippen LogP contribution in [0.3, 0.4) is 0 Å². The smallest absolute Gasteiger partial charge is 0.221 e. The Labute approximate surface area is 81.4 Å². The molecule has 0 aliphatic rings. The summed E-state index contributed by atoms with van der Waals surface area (Å²) in [6, 6.07) is 0. The minimum Gasteiger partial charge on any atom is -0.506 e. The van der Waals surface area contributed by atoms with Gasteiger partial charge >= 0.3 is 0 Å². The minimum atomic E-state index is -0.342. The van der Waals surface area contributed by atoms with E-state index in [-0.39, 0.29) is 23.8 Å². The molecule has 1 rings (SSSR count). The van der Waals surface area contributed by atoms with Crippen molar-refractivity contribution in [2.75, 3.05) is 5.32 Å². The average Bonchev–Trinajstić information content (AvgIpc) is 2.11. The number of rotatable bonds is 2. The topological polar surface area (TPSA) is 82.5 Å². The van der Waals surface area contributed by atoms with E-state index in [0.717, 1.165) is 0 Å². The maximum absolute atomic E-state index is 10.8. The van der Waals surface area contributed by atoms with Crippen LogP contribution in [0.5, 0.6) is 5.75 Å². The second kappa shape index (κ2) is 4.06. The molecule has 0 spiro atoms. The van der Waals surface area contributed by atoms with Gasteiger partial charge in [-0.15, -0.1) is 0 Å². The maximum Gasteiger partial charge on any atom is 0.221 e. The number of carbonyl (C=O) groups excluding carboxylic acids is 1. The van der Waals surface area contributed by atoms with Crippen LogP contribution in [-0.4, -0.2) is 21.1 Å². The van der Waals surface area contributed by atoms with Gasteiger partial charge in [0.25, 0.3) is 0 Å². The van der Waals surface area contributed by atoms with Crippen molar-refractivity contribution in [2.24, 2.45) is 0 Å². The number of nitrogens with zero attached hydrogens (tertiary/aromatic N) is 1. The summed E-state index contributed by atoms with van der Waals surface area (Å²) in [5.41, 5.74) is 1.04. The number of amides is 1. The number of aromatic nitrogens is 1. The van der Waals surface area contributed by atoms with Crippen molar-refractivity contribution < 1.29 is 15.0 Å². The van der Waals surface area contributed by atoms with E-state index in [9.17, 15) is 9.90 Å². The lowest BCUT2D eigenvalue weighted by molar-refractivity contribution is -0.114. The second-order valence-electron chi connectivity index (χ2n) is 2.92. The maximum atomic E-state index is 10.8. The summed E-state index contributed by atoms with van der Waals surface area (Å²) in [7, 11) is 0. The number of aliphatic hydroxyl groups is 1. The number of nitrogens with one attached hydrogen (secondary N) is 1. The van der Waals surface area contributed by atoms with Crippen molar-refractivity contribution in [3.63, 3.8) is 0 Å². The van der Waals surface area contributed by atoms with E-state index in [1.54, 1.807) is 6.92 Å². The molecule has 0 atom stereocenters. The van der Waals surface area contributed by atoms with Crippen molar-refractivity contribution >= 4 is 11.6 Å². The highest BCUT2D eigenvalue weighted by Crippen LogP contribution is 2.27.